The summed E-state index contributed by atoms with van der Waals surface area (Å²) in [6.45, 7) is 5.14. The normalized spacial score (nSPS) is 52.8. The van der Waals surface area contributed by atoms with Gasteiger partial charge in [-0.15, -0.1) is 0 Å². The molecule has 0 heterocycles. The molecule has 0 aliphatic heterocycles. The second-order valence-corrected chi connectivity index (χ2v) is 8.96. The minimum Gasteiger partial charge on any atom is -0.0622 e. The van der Waals surface area contributed by atoms with Gasteiger partial charge in [-0.3, -0.25) is 0 Å². The molecule has 0 radical (unpaired) electrons. The van der Waals surface area contributed by atoms with Gasteiger partial charge in [0, 0.05) is 0 Å². The largest absolute Gasteiger partial charge is 0.0622 e. The summed E-state index contributed by atoms with van der Waals surface area (Å²) in [5.74, 6) is 8.85. The number of fused-ring (bicyclic) bond motifs is 1. The van der Waals surface area contributed by atoms with E-state index in [4.69, 9.17) is 0 Å². The molecule has 6 atom stereocenters. The molecule has 0 aromatic heterocycles. The van der Waals surface area contributed by atoms with Gasteiger partial charge in [0.1, 0.15) is 0 Å². The van der Waals surface area contributed by atoms with E-state index in [0.29, 0.717) is 0 Å². The van der Waals surface area contributed by atoms with Gasteiger partial charge >= 0.3 is 0 Å². The van der Waals surface area contributed by atoms with Gasteiger partial charge in [-0.2, -0.15) is 0 Å². The number of hydrogen-bond donors (Lipinski definition) is 0. The molecule has 0 N–H and O–H groups in total. The molecule has 6 unspecified atom stereocenters. The Kier molecular flexibility index (Phi) is 3.63. The molecular formula is C20H34. The first-order valence-electron chi connectivity index (χ1n) is 9.75. The highest BCUT2D eigenvalue weighted by molar-refractivity contribution is 4.99. The third kappa shape index (κ3) is 2.26. The summed E-state index contributed by atoms with van der Waals surface area (Å²) in [5.41, 5.74) is 0. The maximum Gasteiger partial charge on any atom is -0.0332 e. The van der Waals surface area contributed by atoms with Gasteiger partial charge in [-0.1, -0.05) is 39.5 Å². The molecule has 0 amide bonds. The Hall–Kier alpha value is 0. The highest BCUT2D eigenvalue weighted by Gasteiger charge is 2.49. The van der Waals surface area contributed by atoms with Gasteiger partial charge in [-0.25, -0.2) is 0 Å². The van der Waals surface area contributed by atoms with Crippen molar-refractivity contribution < 1.29 is 0 Å². The maximum absolute atomic E-state index is 2.57. The third-order valence-corrected chi connectivity index (χ3v) is 7.92. The molecule has 4 saturated carbocycles. The van der Waals surface area contributed by atoms with Crippen LogP contribution in [0.3, 0.4) is 0 Å². The monoisotopic (exact) mass is 274 g/mol. The van der Waals surface area contributed by atoms with E-state index in [1.54, 1.807) is 51.4 Å². The van der Waals surface area contributed by atoms with Crippen LogP contribution in [0, 0.1) is 47.3 Å². The quantitative estimate of drug-likeness (QED) is 0.587. The lowest BCUT2D eigenvalue weighted by atomic mass is 9.55. The van der Waals surface area contributed by atoms with Gasteiger partial charge in [0.15, 0.2) is 0 Å². The van der Waals surface area contributed by atoms with Crippen LogP contribution in [0.15, 0.2) is 0 Å². The molecule has 4 rings (SSSR count). The fourth-order valence-electron chi connectivity index (χ4n) is 6.97. The van der Waals surface area contributed by atoms with E-state index in [-0.39, 0.29) is 0 Å². The van der Waals surface area contributed by atoms with Crippen molar-refractivity contribution in [3.63, 3.8) is 0 Å². The van der Waals surface area contributed by atoms with Crippen LogP contribution >= 0.6 is 0 Å². The topological polar surface area (TPSA) is 0 Å². The van der Waals surface area contributed by atoms with Crippen LogP contribution in [0.2, 0.25) is 0 Å². The standard InChI is InChI=1S/C20H34/c1-13-7-8-14(2)20(13)19-12-11-16(15-9-10-15)17-5-3-4-6-18(17)19/h13-20H,3-12H2,1-2H3. The maximum atomic E-state index is 2.57. The Morgan fingerprint density at radius 1 is 0.500 bits per heavy atom. The predicted octanol–water partition coefficient (Wildman–Crippen LogP) is 5.91. The molecular weight excluding hydrogens is 240 g/mol. The first kappa shape index (κ1) is 13.6. The second-order valence-electron chi connectivity index (χ2n) is 8.96. The summed E-state index contributed by atoms with van der Waals surface area (Å²) >= 11 is 0. The molecule has 0 aromatic carbocycles. The molecule has 4 aliphatic carbocycles. The van der Waals surface area contributed by atoms with Crippen molar-refractivity contribution >= 4 is 0 Å². The average Bonchev–Trinajstić information content (AvgIpc) is 3.25. The first-order valence-corrected chi connectivity index (χ1v) is 9.75. The summed E-state index contributed by atoms with van der Waals surface area (Å²) in [6, 6.07) is 0. The molecule has 4 fully saturated rings. The Labute approximate surface area is 126 Å². The van der Waals surface area contributed by atoms with Gasteiger partial charge in [0.2, 0.25) is 0 Å². The fraction of sp³-hybridized carbons (Fsp3) is 1.00. The van der Waals surface area contributed by atoms with E-state index in [0.717, 1.165) is 41.4 Å². The zero-order valence-electron chi connectivity index (χ0n) is 13.7. The summed E-state index contributed by atoms with van der Waals surface area (Å²) in [4.78, 5) is 0. The average molecular weight is 274 g/mol. The molecule has 0 spiro atoms. The Morgan fingerprint density at radius 2 is 1.05 bits per heavy atom. The first-order chi connectivity index (χ1) is 9.75. The van der Waals surface area contributed by atoms with Crippen molar-refractivity contribution in [1.82, 2.24) is 0 Å². The Bertz CT molecular complexity index is 332. The lowest BCUT2D eigenvalue weighted by Gasteiger charge is -2.50. The highest BCUT2D eigenvalue weighted by Crippen LogP contribution is 2.58. The van der Waals surface area contributed by atoms with Crippen LogP contribution in [0.25, 0.3) is 0 Å². The predicted molar refractivity (Wildman–Crippen MR) is 85.4 cm³/mol. The van der Waals surface area contributed by atoms with Crippen molar-refractivity contribution in [2.75, 3.05) is 0 Å². The van der Waals surface area contributed by atoms with Gasteiger partial charge < -0.3 is 0 Å². The van der Waals surface area contributed by atoms with E-state index < -0.39 is 0 Å². The van der Waals surface area contributed by atoms with Gasteiger partial charge in [-0.05, 0) is 85.9 Å². The zero-order chi connectivity index (χ0) is 13.7. The summed E-state index contributed by atoms with van der Waals surface area (Å²) in [6.07, 6.45) is 15.7. The number of hydrogen-bond acceptors (Lipinski definition) is 0. The Balaban J connectivity index is 1.55. The van der Waals surface area contributed by atoms with Crippen LogP contribution in [0.4, 0.5) is 0 Å². The highest BCUT2D eigenvalue weighted by atomic mass is 14.5. The molecule has 0 heteroatoms. The molecule has 0 nitrogen and oxygen atoms in total. The minimum absolute atomic E-state index is 1.02. The fourth-order valence-corrected chi connectivity index (χ4v) is 6.97. The lowest BCUT2D eigenvalue weighted by Crippen LogP contribution is -2.42. The van der Waals surface area contributed by atoms with E-state index in [1.807, 2.05) is 0 Å². The molecule has 0 saturated heterocycles. The van der Waals surface area contributed by atoms with Crippen molar-refractivity contribution in [3.8, 4) is 0 Å². The van der Waals surface area contributed by atoms with Crippen molar-refractivity contribution in [2.45, 2.75) is 78.1 Å². The number of rotatable bonds is 2. The summed E-state index contributed by atoms with van der Waals surface area (Å²) in [7, 11) is 0. The third-order valence-electron chi connectivity index (χ3n) is 7.92. The van der Waals surface area contributed by atoms with Crippen molar-refractivity contribution in [1.29, 1.82) is 0 Å². The van der Waals surface area contributed by atoms with Crippen molar-refractivity contribution in [3.05, 3.63) is 0 Å². The minimum atomic E-state index is 1.02. The summed E-state index contributed by atoms with van der Waals surface area (Å²) < 4.78 is 0. The van der Waals surface area contributed by atoms with E-state index in [1.165, 1.54) is 18.8 Å². The Morgan fingerprint density at radius 3 is 1.65 bits per heavy atom. The molecule has 0 aromatic rings. The van der Waals surface area contributed by atoms with Gasteiger partial charge in [0.25, 0.3) is 0 Å². The lowest BCUT2D eigenvalue weighted by molar-refractivity contribution is -0.00504. The van der Waals surface area contributed by atoms with Gasteiger partial charge in [0.05, 0.1) is 0 Å². The SMILES string of the molecule is CC1CCC(C)C1C1CCC(C2CC2)C2CCCCC21. The molecule has 20 heavy (non-hydrogen) atoms. The molecule has 0 bridgehead atoms. The van der Waals surface area contributed by atoms with E-state index >= 15 is 0 Å². The van der Waals surface area contributed by atoms with Crippen LogP contribution < -0.4 is 0 Å². The van der Waals surface area contributed by atoms with E-state index in [9.17, 15) is 0 Å². The molecule has 114 valence electrons. The van der Waals surface area contributed by atoms with Crippen LogP contribution in [0.5, 0.6) is 0 Å². The second kappa shape index (κ2) is 5.33. The van der Waals surface area contributed by atoms with Crippen molar-refractivity contribution in [2.24, 2.45) is 47.3 Å². The summed E-state index contributed by atoms with van der Waals surface area (Å²) in [5, 5.41) is 0. The smallest absolute Gasteiger partial charge is 0.0332 e. The van der Waals surface area contributed by atoms with E-state index in [2.05, 4.69) is 13.8 Å². The van der Waals surface area contributed by atoms with Crippen LogP contribution in [-0.2, 0) is 0 Å². The zero-order valence-corrected chi connectivity index (χ0v) is 13.7. The molecule has 4 aliphatic rings. The van der Waals surface area contributed by atoms with Crippen LogP contribution in [-0.4, -0.2) is 0 Å². The van der Waals surface area contributed by atoms with Crippen LogP contribution in [0.1, 0.15) is 78.1 Å².